The van der Waals surface area contributed by atoms with Gasteiger partial charge in [-0.25, -0.2) is 0 Å². The molecule has 3 nitrogen and oxygen atoms in total. The van der Waals surface area contributed by atoms with Gasteiger partial charge in [0.1, 0.15) is 12.6 Å². The van der Waals surface area contributed by atoms with Crippen molar-refractivity contribution in [1.29, 1.82) is 0 Å². The number of rotatable bonds is 14. The normalized spacial score (nSPS) is 14.9. The van der Waals surface area contributed by atoms with Crippen molar-refractivity contribution in [2.24, 2.45) is 0 Å². The molecule has 0 fully saturated rings. The van der Waals surface area contributed by atoms with Crippen LogP contribution in [-0.4, -0.2) is 55.6 Å². The second-order valence-corrected chi connectivity index (χ2v) is 6.93. The maximum atomic E-state index is 9.56. The van der Waals surface area contributed by atoms with Gasteiger partial charge in [-0.1, -0.05) is 45.1 Å². The van der Waals surface area contributed by atoms with Gasteiger partial charge in [0.05, 0.1) is 33.4 Å². The van der Waals surface area contributed by atoms with Crippen molar-refractivity contribution < 1.29 is 14.3 Å². The molecule has 1 N–H and O–H groups in total. The van der Waals surface area contributed by atoms with E-state index in [9.17, 15) is 5.11 Å². The topological polar surface area (TPSA) is 29.5 Å². The Morgan fingerprint density at radius 2 is 1.81 bits per heavy atom. The van der Waals surface area contributed by atoms with Crippen LogP contribution in [-0.2, 0) is 4.74 Å². The van der Waals surface area contributed by atoms with Crippen molar-refractivity contribution in [3.05, 3.63) is 12.7 Å². The second kappa shape index (κ2) is 12.2. The molecule has 0 saturated heterocycles. The molecular formula is C18H38NO2+. The van der Waals surface area contributed by atoms with Crippen LogP contribution in [0, 0.1) is 0 Å². The quantitative estimate of drug-likeness (QED) is 0.301. The van der Waals surface area contributed by atoms with Crippen molar-refractivity contribution in [3.63, 3.8) is 0 Å². The standard InChI is InChI=1S/C18H38NO2/c1-6-8-9-10-11-12-18(21-15-7-2)13-14-19(4,5)16-17(3)20/h7,17-18,20H,2,6,8-16H2,1,3-5H3/q+1. The fraction of sp³-hybridized carbons (Fsp3) is 0.889. The van der Waals surface area contributed by atoms with E-state index in [4.69, 9.17) is 4.74 Å². The van der Waals surface area contributed by atoms with Crippen LogP contribution in [0.15, 0.2) is 12.7 Å². The van der Waals surface area contributed by atoms with E-state index < -0.39 is 0 Å². The first kappa shape index (κ1) is 20.6. The van der Waals surface area contributed by atoms with E-state index in [1.54, 1.807) is 0 Å². The number of likely N-dealkylation sites (N-methyl/N-ethyl adjacent to an activating group) is 1. The third kappa shape index (κ3) is 13.0. The summed E-state index contributed by atoms with van der Waals surface area (Å²) in [5.74, 6) is 0. The minimum atomic E-state index is -0.249. The summed E-state index contributed by atoms with van der Waals surface area (Å²) in [6, 6.07) is 0. The van der Waals surface area contributed by atoms with Gasteiger partial charge in [-0.2, -0.15) is 0 Å². The van der Waals surface area contributed by atoms with Crippen molar-refractivity contribution in [2.45, 2.75) is 71.0 Å². The highest BCUT2D eigenvalue weighted by atomic mass is 16.5. The summed E-state index contributed by atoms with van der Waals surface area (Å²) in [7, 11) is 4.36. The van der Waals surface area contributed by atoms with Gasteiger partial charge in [0.2, 0.25) is 0 Å². The van der Waals surface area contributed by atoms with Crippen LogP contribution in [0.1, 0.15) is 58.8 Å². The highest BCUT2D eigenvalue weighted by Crippen LogP contribution is 2.14. The van der Waals surface area contributed by atoms with Crippen LogP contribution < -0.4 is 0 Å². The number of hydrogen-bond acceptors (Lipinski definition) is 2. The van der Waals surface area contributed by atoms with Gasteiger partial charge in [0.25, 0.3) is 0 Å². The zero-order chi connectivity index (χ0) is 16.1. The fourth-order valence-electron chi connectivity index (χ4n) is 2.79. The summed E-state index contributed by atoms with van der Waals surface area (Å²) < 4.78 is 6.76. The highest BCUT2D eigenvalue weighted by molar-refractivity contribution is 4.67. The first-order valence-corrected chi connectivity index (χ1v) is 8.64. The molecule has 0 amide bonds. The molecule has 21 heavy (non-hydrogen) atoms. The molecule has 0 aromatic carbocycles. The van der Waals surface area contributed by atoms with Crippen molar-refractivity contribution >= 4 is 0 Å². The zero-order valence-corrected chi connectivity index (χ0v) is 14.8. The summed E-state index contributed by atoms with van der Waals surface area (Å²) in [6.07, 6.45) is 10.7. The van der Waals surface area contributed by atoms with E-state index in [1.165, 1.54) is 32.1 Å². The molecule has 2 atom stereocenters. The van der Waals surface area contributed by atoms with E-state index in [2.05, 4.69) is 27.6 Å². The second-order valence-electron chi connectivity index (χ2n) is 6.93. The molecule has 0 bridgehead atoms. The molecule has 0 rings (SSSR count). The van der Waals surface area contributed by atoms with Gasteiger partial charge in [-0.15, -0.1) is 6.58 Å². The van der Waals surface area contributed by atoms with Crippen LogP contribution in [0.2, 0.25) is 0 Å². The molecule has 2 unspecified atom stereocenters. The number of quaternary nitrogens is 1. The average molecular weight is 301 g/mol. The van der Waals surface area contributed by atoms with E-state index in [1.807, 2.05) is 13.0 Å². The minimum absolute atomic E-state index is 0.249. The number of aliphatic hydroxyl groups is 1. The Kier molecular flexibility index (Phi) is 12.0. The number of unbranched alkanes of at least 4 members (excludes halogenated alkanes) is 4. The van der Waals surface area contributed by atoms with Crippen LogP contribution in [0.3, 0.4) is 0 Å². The largest absolute Gasteiger partial charge is 0.388 e. The molecule has 0 aromatic heterocycles. The summed E-state index contributed by atoms with van der Waals surface area (Å²) in [5, 5.41) is 9.56. The maximum Gasteiger partial charge on any atom is 0.104 e. The van der Waals surface area contributed by atoms with Gasteiger partial charge in [-0.05, 0) is 13.3 Å². The molecule has 3 heteroatoms. The highest BCUT2D eigenvalue weighted by Gasteiger charge is 2.20. The lowest BCUT2D eigenvalue weighted by molar-refractivity contribution is -0.893. The molecule has 0 aromatic rings. The number of ether oxygens (including phenoxy) is 1. The molecule has 0 radical (unpaired) electrons. The van der Waals surface area contributed by atoms with Crippen molar-refractivity contribution in [2.75, 3.05) is 33.8 Å². The fourth-order valence-corrected chi connectivity index (χ4v) is 2.79. The Hall–Kier alpha value is -0.380. The van der Waals surface area contributed by atoms with Crippen LogP contribution >= 0.6 is 0 Å². The zero-order valence-electron chi connectivity index (χ0n) is 14.8. The third-order valence-corrected chi connectivity index (χ3v) is 3.89. The summed E-state index contributed by atoms with van der Waals surface area (Å²) >= 11 is 0. The summed E-state index contributed by atoms with van der Waals surface area (Å²) in [6.45, 7) is 10.3. The molecule has 0 heterocycles. The number of nitrogens with zero attached hydrogens (tertiary/aromatic N) is 1. The smallest absolute Gasteiger partial charge is 0.104 e. The van der Waals surface area contributed by atoms with E-state index in [0.29, 0.717) is 12.7 Å². The average Bonchev–Trinajstić information content (AvgIpc) is 2.39. The minimum Gasteiger partial charge on any atom is -0.388 e. The molecule has 0 aliphatic rings. The van der Waals surface area contributed by atoms with Gasteiger partial charge in [0, 0.05) is 6.42 Å². The first-order chi connectivity index (χ1) is 9.91. The van der Waals surface area contributed by atoms with Gasteiger partial charge < -0.3 is 14.3 Å². The van der Waals surface area contributed by atoms with Gasteiger partial charge >= 0.3 is 0 Å². The molecule has 0 saturated carbocycles. The lowest BCUT2D eigenvalue weighted by Crippen LogP contribution is -2.46. The van der Waals surface area contributed by atoms with Crippen molar-refractivity contribution in [3.8, 4) is 0 Å². The van der Waals surface area contributed by atoms with Crippen LogP contribution in [0.4, 0.5) is 0 Å². The van der Waals surface area contributed by atoms with Gasteiger partial charge in [0.15, 0.2) is 0 Å². The van der Waals surface area contributed by atoms with E-state index in [0.717, 1.165) is 30.4 Å². The molecular weight excluding hydrogens is 262 g/mol. The Morgan fingerprint density at radius 3 is 2.38 bits per heavy atom. The molecule has 0 aliphatic carbocycles. The number of aliphatic hydroxyl groups excluding tert-OH is 1. The van der Waals surface area contributed by atoms with Crippen molar-refractivity contribution in [1.82, 2.24) is 0 Å². The summed E-state index contributed by atoms with van der Waals surface area (Å²) in [5.41, 5.74) is 0. The SMILES string of the molecule is C=CCOC(CCCCCCC)CC[N+](C)(C)CC(C)O. The summed E-state index contributed by atoms with van der Waals surface area (Å²) in [4.78, 5) is 0. The predicted molar refractivity (Wildman–Crippen MR) is 91.5 cm³/mol. The Labute approximate surface area is 132 Å². The van der Waals surface area contributed by atoms with Crippen LogP contribution in [0.5, 0.6) is 0 Å². The Bertz CT molecular complexity index is 252. The first-order valence-electron chi connectivity index (χ1n) is 8.64. The third-order valence-electron chi connectivity index (χ3n) is 3.89. The Balaban J connectivity index is 4.07. The lowest BCUT2D eigenvalue weighted by Gasteiger charge is -2.32. The molecule has 0 spiro atoms. The van der Waals surface area contributed by atoms with Gasteiger partial charge in [-0.3, -0.25) is 0 Å². The van der Waals surface area contributed by atoms with Crippen LogP contribution in [0.25, 0.3) is 0 Å². The Morgan fingerprint density at radius 1 is 1.14 bits per heavy atom. The van der Waals surface area contributed by atoms with E-state index >= 15 is 0 Å². The maximum absolute atomic E-state index is 9.56. The lowest BCUT2D eigenvalue weighted by atomic mass is 10.1. The monoisotopic (exact) mass is 300 g/mol. The predicted octanol–water partition coefficient (Wildman–Crippen LogP) is 3.77. The number of hydrogen-bond donors (Lipinski definition) is 1. The molecule has 0 aliphatic heterocycles. The molecule has 126 valence electrons. The van der Waals surface area contributed by atoms with E-state index in [-0.39, 0.29) is 6.10 Å².